The average molecular weight is 276 g/mol. The van der Waals surface area contributed by atoms with Crippen LogP contribution in [0.2, 0.25) is 0 Å². The maximum absolute atomic E-state index is 10.2. The Hall–Kier alpha value is -1.62. The van der Waals surface area contributed by atoms with Crippen molar-refractivity contribution in [3.8, 4) is 0 Å². The molecule has 0 aliphatic carbocycles. The van der Waals surface area contributed by atoms with Crippen LogP contribution in [0.15, 0.2) is 6.07 Å². The molecule has 0 amide bonds. The van der Waals surface area contributed by atoms with Gasteiger partial charge in [0.2, 0.25) is 0 Å². The molecule has 4 N–H and O–H groups in total. The molecule has 1 fully saturated rings. The number of pyridine rings is 1. The first-order chi connectivity index (χ1) is 9.30. The fourth-order valence-electron chi connectivity index (χ4n) is 2.89. The number of hydrogen-bond acceptors (Lipinski definition) is 4. The Morgan fingerprint density at radius 2 is 2.10 bits per heavy atom. The number of nitrogens with two attached hydrogens (primary N) is 1. The lowest BCUT2D eigenvalue weighted by molar-refractivity contribution is 0.0481. The van der Waals surface area contributed by atoms with Crippen LogP contribution in [0, 0.1) is 19.3 Å². The predicted molar refractivity (Wildman–Crippen MR) is 81.4 cm³/mol. The minimum absolute atomic E-state index is 0.0565. The summed E-state index contributed by atoms with van der Waals surface area (Å²) in [4.78, 5) is 6.63. The van der Waals surface area contributed by atoms with E-state index < -0.39 is 5.60 Å². The molecule has 1 unspecified atom stereocenters. The smallest absolute Gasteiger partial charge is 0.126 e. The molecule has 1 aliphatic rings. The van der Waals surface area contributed by atoms with Crippen LogP contribution >= 0.6 is 0 Å². The van der Waals surface area contributed by atoms with E-state index in [9.17, 15) is 5.11 Å². The molecule has 0 spiro atoms. The van der Waals surface area contributed by atoms with Crippen LogP contribution in [0.4, 0.5) is 5.69 Å². The molecule has 1 atom stereocenters. The summed E-state index contributed by atoms with van der Waals surface area (Å²) in [7, 11) is 0. The number of anilines is 1. The van der Waals surface area contributed by atoms with Crippen molar-refractivity contribution in [1.82, 2.24) is 4.98 Å². The van der Waals surface area contributed by atoms with Crippen molar-refractivity contribution in [2.24, 2.45) is 5.73 Å². The van der Waals surface area contributed by atoms with E-state index in [-0.39, 0.29) is 5.84 Å². The van der Waals surface area contributed by atoms with E-state index in [2.05, 4.69) is 9.88 Å². The fourth-order valence-corrected chi connectivity index (χ4v) is 2.89. The number of amidine groups is 1. The van der Waals surface area contributed by atoms with Crippen molar-refractivity contribution in [1.29, 1.82) is 5.41 Å². The zero-order valence-corrected chi connectivity index (χ0v) is 12.5. The molecular weight excluding hydrogens is 252 g/mol. The Balaban J connectivity index is 2.39. The Morgan fingerprint density at radius 3 is 2.75 bits per heavy atom. The van der Waals surface area contributed by atoms with E-state index in [0.717, 1.165) is 55.0 Å². The molecule has 0 bridgehead atoms. The molecule has 2 rings (SSSR count). The van der Waals surface area contributed by atoms with Gasteiger partial charge in [-0.3, -0.25) is 10.4 Å². The second kappa shape index (κ2) is 5.40. The lowest BCUT2D eigenvalue weighted by Crippen LogP contribution is -2.30. The van der Waals surface area contributed by atoms with Crippen LogP contribution in [0.3, 0.4) is 0 Å². The minimum Gasteiger partial charge on any atom is -0.390 e. The lowest BCUT2D eigenvalue weighted by Gasteiger charge is -2.27. The first-order valence-electron chi connectivity index (χ1n) is 7.10. The Labute approximate surface area is 120 Å². The zero-order valence-electron chi connectivity index (χ0n) is 12.5. The summed E-state index contributed by atoms with van der Waals surface area (Å²) in [6.45, 7) is 7.39. The highest BCUT2D eigenvalue weighted by molar-refractivity contribution is 6.01. The maximum atomic E-state index is 10.2. The van der Waals surface area contributed by atoms with Crippen molar-refractivity contribution < 1.29 is 5.11 Å². The van der Waals surface area contributed by atoms with Crippen LogP contribution in [-0.4, -0.2) is 34.6 Å². The molecule has 1 saturated heterocycles. The summed E-state index contributed by atoms with van der Waals surface area (Å²) >= 11 is 0. The van der Waals surface area contributed by atoms with Gasteiger partial charge >= 0.3 is 0 Å². The number of aromatic nitrogens is 1. The normalized spacial score (nSPS) is 23.5. The minimum atomic E-state index is -0.595. The van der Waals surface area contributed by atoms with E-state index in [1.807, 2.05) is 26.8 Å². The third-order valence-corrected chi connectivity index (χ3v) is 3.98. The number of hydrogen-bond donors (Lipinski definition) is 3. The van der Waals surface area contributed by atoms with Crippen molar-refractivity contribution in [3.05, 3.63) is 23.0 Å². The first-order valence-corrected chi connectivity index (χ1v) is 7.10. The Morgan fingerprint density at radius 1 is 1.40 bits per heavy atom. The van der Waals surface area contributed by atoms with Crippen LogP contribution in [0.25, 0.3) is 0 Å². The molecule has 2 heterocycles. The van der Waals surface area contributed by atoms with Gasteiger partial charge in [-0.25, -0.2) is 0 Å². The molecule has 0 saturated carbocycles. The Bertz CT molecular complexity index is 525. The quantitative estimate of drug-likeness (QED) is 0.567. The van der Waals surface area contributed by atoms with Crippen LogP contribution in [0.5, 0.6) is 0 Å². The standard InChI is InChI=1S/C15H24N4O/c1-10-9-12(13(14(16)17)11(2)18-10)19-7-4-5-15(3,20)6-8-19/h9,20H,4-8H2,1-3H3,(H3,16,17). The molecular formula is C15H24N4O. The van der Waals surface area contributed by atoms with E-state index in [1.165, 1.54) is 0 Å². The average Bonchev–Trinajstić information content (AvgIpc) is 2.48. The lowest BCUT2D eigenvalue weighted by atomic mass is 9.98. The van der Waals surface area contributed by atoms with Gasteiger partial charge in [0.1, 0.15) is 5.84 Å². The second-order valence-corrected chi connectivity index (χ2v) is 5.99. The summed E-state index contributed by atoms with van der Waals surface area (Å²) in [5, 5.41) is 18.0. The van der Waals surface area contributed by atoms with E-state index >= 15 is 0 Å². The second-order valence-electron chi connectivity index (χ2n) is 5.99. The summed E-state index contributed by atoms with van der Waals surface area (Å²) in [5.41, 5.74) is 8.55. The van der Waals surface area contributed by atoms with E-state index in [0.29, 0.717) is 0 Å². The number of aryl methyl sites for hydroxylation is 2. The van der Waals surface area contributed by atoms with Gasteiger partial charge in [-0.15, -0.1) is 0 Å². The molecule has 20 heavy (non-hydrogen) atoms. The van der Waals surface area contributed by atoms with Gasteiger partial charge in [0.15, 0.2) is 0 Å². The van der Waals surface area contributed by atoms with Gasteiger partial charge in [-0.2, -0.15) is 0 Å². The maximum Gasteiger partial charge on any atom is 0.126 e. The number of nitrogens with one attached hydrogen (secondary N) is 1. The third-order valence-electron chi connectivity index (χ3n) is 3.98. The van der Waals surface area contributed by atoms with Crippen molar-refractivity contribution in [2.45, 2.75) is 45.6 Å². The molecule has 5 nitrogen and oxygen atoms in total. The molecule has 5 heteroatoms. The summed E-state index contributed by atoms with van der Waals surface area (Å²) < 4.78 is 0. The van der Waals surface area contributed by atoms with E-state index in [1.54, 1.807) is 0 Å². The highest BCUT2D eigenvalue weighted by Gasteiger charge is 2.26. The molecule has 0 aromatic carbocycles. The predicted octanol–water partition coefficient (Wildman–Crippen LogP) is 1.72. The molecule has 110 valence electrons. The monoisotopic (exact) mass is 276 g/mol. The summed E-state index contributed by atoms with van der Waals surface area (Å²) in [5.74, 6) is 0.0565. The summed E-state index contributed by atoms with van der Waals surface area (Å²) in [6, 6.07) is 1.99. The van der Waals surface area contributed by atoms with Gasteiger partial charge < -0.3 is 15.7 Å². The number of rotatable bonds is 2. The first kappa shape index (κ1) is 14.8. The van der Waals surface area contributed by atoms with Crippen LogP contribution in [-0.2, 0) is 0 Å². The fraction of sp³-hybridized carbons (Fsp3) is 0.600. The van der Waals surface area contributed by atoms with Crippen LogP contribution < -0.4 is 10.6 Å². The number of aliphatic hydroxyl groups is 1. The molecule has 0 radical (unpaired) electrons. The van der Waals surface area contributed by atoms with Crippen molar-refractivity contribution in [2.75, 3.05) is 18.0 Å². The zero-order chi connectivity index (χ0) is 14.9. The highest BCUT2D eigenvalue weighted by atomic mass is 16.3. The van der Waals surface area contributed by atoms with Gasteiger partial charge in [0, 0.05) is 18.8 Å². The van der Waals surface area contributed by atoms with Gasteiger partial charge in [-0.05, 0) is 46.1 Å². The van der Waals surface area contributed by atoms with E-state index in [4.69, 9.17) is 11.1 Å². The molecule has 1 aromatic heterocycles. The van der Waals surface area contributed by atoms with Crippen molar-refractivity contribution >= 4 is 11.5 Å². The topological polar surface area (TPSA) is 86.2 Å². The molecule has 1 aromatic rings. The van der Waals surface area contributed by atoms with Gasteiger partial charge in [0.05, 0.1) is 22.5 Å². The number of nitrogen functional groups attached to an aromatic ring is 1. The van der Waals surface area contributed by atoms with Gasteiger partial charge in [0.25, 0.3) is 0 Å². The van der Waals surface area contributed by atoms with Crippen LogP contribution in [0.1, 0.15) is 43.1 Å². The third kappa shape index (κ3) is 3.10. The number of nitrogens with zero attached hydrogens (tertiary/aromatic N) is 2. The molecule has 1 aliphatic heterocycles. The Kier molecular flexibility index (Phi) is 3.99. The van der Waals surface area contributed by atoms with Gasteiger partial charge in [-0.1, -0.05) is 0 Å². The van der Waals surface area contributed by atoms with Crippen molar-refractivity contribution in [3.63, 3.8) is 0 Å². The highest BCUT2D eigenvalue weighted by Crippen LogP contribution is 2.29. The SMILES string of the molecule is Cc1cc(N2CCCC(C)(O)CC2)c(C(=N)N)c(C)n1. The largest absolute Gasteiger partial charge is 0.390 e. The summed E-state index contributed by atoms with van der Waals surface area (Å²) in [6.07, 6.45) is 2.47.